The summed E-state index contributed by atoms with van der Waals surface area (Å²) in [5.74, 6) is -0.131. The topological polar surface area (TPSA) is 83.7 Å². The molecule has 146 valence electrons. The van der Waals surface area contributed by atoms with Gasteiger partial charge in [-0.1, -0.05) is 17.3 Å². The summed E-state index contributed by atoms with van der Waals surface area (Å²) >= 11 is 1.14. The zero-order valence-electron chi connectivity index (χ0n) is 15.0. The van der Waals surface area contributed by atoms with E-state index in [4.69, 9.17) is 4.52 Å². The highest BCUT2D eigenvalue weighted by Gasteiger charge is 2.34. The molecule has 0 aliphatic carbocycles. The molecule has 0 bridgehead atoms. The number of benzene rings is 1. The molecule has 0 unspecified atom stereocenters. The number of carbonyl (C=O) groups excluding carboxylic acids is 1. The maximum atomic E-state index is 13.6. The van der Waals surface area contributed by atoms with Gasteiger partial charge in [-0.3, -0.25) is 4.79 Å². The van der Waals surface area contributed by atoms with Gasteiger partial charge in [-0.15, -0.1) is 11.8 Å². The van der Waals surface area contributed by atoms with Gasteiger partial charge in [-0.2, -0.15) is 4.31 Å². The molecule has 0 radical (unpaired) electrons. The molecular formula is C17H20FN3O4S2. The molecule has 3 rings (SSSR count). The Bertz CT molecular complexity index is 918. The van der Waals surface area contributed by atoms with Gasteiger partial charge in [0.05, 0.1) is 5.75 Å². The van der Waals surface area contributed by atoms with Crippen LogP contribution in [0.2, 0.25) is 0 Å². The standard InChI is InChI=1S/C17H20FN3O4S2/c1-12-17(13(2)25-19-12)27(23,24)21-9-7-20(8-10-21)16(22)11-26-15-6-4-3-5-14(15)18/h3-6H,7-11H2,1-2H3. The number of hydrogen-bond acceptors (Lipinski definition) is 6. The molecule has 2 heterocycles. The molecule has 1 fully saturated rings. The molecule has 7 nitrogen and oxygen atoms in total. The Kier molecular flexibility index (Phi) is 5.87. The number of carbonyl (C=O) groups is 1. The van der Waals surface area contributed by atoms with Crippen LogP contribution in [0.4, 0.5) is 4.39 Å². The van der Waals surface area contributed by atoms with Crippen molar-refractivity contribution < 1.29 is 22.1 Å². The van der Waals surface area contributed by atoms with Crippen molar-refractivity contribution in [2.24, 2.45) is 0 Å². The fourth-order valence-corrected chi connectivity index (χ4v) is 5.50. The van der Waals surface area contributed by atoms with E-state index in [1.54, 1.807) is 36.9 Å². The molecule has 0 spiro atoms. The minimum Gasteiger partial charge on any atom is -0.360 e. The van der Waals surface area contributed by atoms with Crippen molar-refractivity contribution in [3.05, 3.63) is 41.5 Å². The number of halogens is 1. The third-order valence-electron chi connectivity index (χ3n) is 4.34. The van der Waals surface area contributed by atoms with Gasteiger partial charge in [-0.05, 0) is 26.0 Å². The number of aromatic nitrogens is 1. The summed E-state index contributed by atoms with van der Waals surface area (Å²) in [5.41, 5.74) is 0.326. The van der Waals surface area contributed by atoms with Crippen molar-refractivity contribution in [2.75, 3.05) is 31.9 Å². The van der Waals surface area contributed by atoms with Crippen LogP contribution in [0.25, 0.3) is 0 Å². The largest absolute Gasteiger partial charge is 0.360 e. The molecule has 0 N–H and O–H groups in total. The number of nitrogens with zero attached hydrogens (tertiary/aromatic N) is 3. The van der Waals surface area contributed by atoms with Gasteiger partial charge in [0.1, 0.15) is 16.4 Å². The molecule has 0 atom stereocenters. The average molecular weight is 413 g/mol. The lowest BCUT2D eigenvalue weighted by molar-refractivity contribution is -0.129. The highest BCUT2D eigenvalue weighted by molar-refractivity contribution is 8.00. The number of piperazine rings is 1. The second-order valence-corrected chi connectivity index (χ2v) is 9.05. The van der Waals surface area contributed by atoms with E-state index in [1.165, 1.54) is 10.4 Å². The predicted octanol–water partition coefficient (Wildman–Crippen LogP) is 2.06. The lowest BCUT2D eigenvalue weighted by atomic mass is 10.3. The maximum absolute atomic E-state index is 13.6. The van der Waals surface area contributed by atoms with Crippen molar-refractivity contribution in [3.63, 3.8) is 0 Å². The molecule has 10 heteroatoms. The van der Waals surface area contributed by atoms with Gasteiger partial charge in [0.2, 0.25) is 15.9 Å². The van der Waals surface area contributed by atoms with Crippen molar-refractivity contribution in [1.29, 1.82) is 0 Å². The molecule has 2 aromatic rings. The SMILES string of the molecule is Cc1noc(C)c1S(=O)(=O)N1CCN(C(=O)CSc2ccccc2F)CC1. The number of amides is 1. The number of rotatable bonds is 5. The molecule has 1 aliphatic rings. The Labute approximate surface area is 161 Å². The highest BCUT2D eigenvalue weighted by Crippen LogP contribution is 2.25. The van der Waals surface area contributed by atoms with Crippen LogP contribution in [0, 0.1) is 19.7 Å². The molecule has 1 amide bonds. The van der Waals surface area contributed by atoms with E-state index in [0.717, 1.165) is 11.8 Å². The van der Waals surface area contributed by atoms with E-state index in [0.29, 0.717) is 23.7 Å². The average Bonchev–Trinajstić information content (AvgIpc) is 3.00. The zero-order valence-corrected chi connectivity index (χ0v) is 16.6. The van der Waals surface area contributed by atoms with Crippen molar-refractivity contribution >= 4 is 27.7 Å². The van der Waals surface area contributed by atoms with Gasteiger partial charge in [-0.25, -0.2) is 12.8 Å². The van der Waals surface area contributed by atoms with Crippen LogP contribution in [-0.2, 0) is 14.8 Å². The Balaban J connectivity index is 1.58. The highest BCUT2D eigenvalue weighted by atomic mass is 32.2. The zero-order chi connectivity index (χ0) is 19.6. The summed E-state index contributed by atoms with van der Waals surface area (Å²) in [6, 6.07) is 6.29. The number of hydrogen-bond donors (Lipinski definition) is 0. The van der Waals surface area contributed by atoms with Gasteiger partial charge < -0.3 is 9.42 Å². The van der Waals surface area contributed by atoms with Crippen LogP contribution in [0.1, 0.15) is 11.5 Å². The molecule has 1 aromatic heterocycles. The number of aryl methyl sites for hydroxylation is 2. The molecule has 1 saturated heterocycles. The number of sulfonamides is 1. The number of thioether (sulfide) groups is 1. The molecular weight excluding hydrogens is 393 g/mol. The monoisotopic (exact) mass is 413 g/mol. The van der Waals surface area contributed by atoms with Gasteiger partial charge in [0, 0.05) is 31.1 Å². The summed E-state index contributed by atoms with van der Waals surface area (Å²) in [6.07, 6.45) is 0. The van der Waals surface area contributed by atoms with Crippen LogP contribution >= 0.6 is 11.8 Å². The van der Waals surface area contributed by atoms with E-state index < -0.39 is 10.0 Å². The Morgan fingerprint density at radius 3 is 2.48 bits per heavy atom. The van der Waals surface area contributed by atoms with E-state index in [9.17, 15) is 17.6 Å². The van der Waals surface area contributed by atoms with E-state index in [2.05, 4.69) is 5.16 Å². The van der Waals surface area contributed by atoms with Gasteiger partial charge >= 0.3 is 0 Å². The predicted molar refractivity (Wildman–Crippen MR) is 98.4 cm³/mol. The van der Waals surface area contributed by atoms with E-state index in [1.807, 2.05) is 0 Å². The Hall–Kier alpha value is -1.91. The molecule has 1 aromatic carbocycles. The van der Waals surface area contributed by atoms with Crippen molar-refractivity contribution in [2.45, 2.75) is 23.6 Å². The first kappa shape index (κ1) is 19.8. The van der Waals surface area contributed by atoms with Crippen LogP contribution in [0.5, 0.6) is 0 Å². The molecule has 0 saturated carbocycles. The molecule has 1 aliphatic heterocycles. The van der Waals surface area contributed by atoms with Crippen molar-refractivity contribution in [3.8, 4) is 0 Å². The summed E-state index contributed by atoms with van der Waals surface area (Å²) < 4.78 is 45.5. The summed E-state index contributed by atoms with van der Waals surface area (Å²) in [5, 5.41) is 3.70. The summed E-state index contributed by atoms with van der Waals surface area (Å²) in [6.45, 7) is 4.12. The van der Waals surface area contributed by atoms with E-state index in [-0.39, 0.29) is 41.2 Å². The summed E-state index contributed by atoms with van der Waals surface area (Å²) in [7, 11) is -3.71. The first-order valence-corrected chi connectivity index (χ1v) is 10.8. The summed E-state index contributed by atoms with van der Waals surface area (Å²) in [4.78, 5) is 14.5. The fraction of sp³-hybridized carbons (Fsp3) is 0.412. The quantitative estimate of drug-likeness (QED) is 0.698. The lowest BCUT2D eigenvalue weighted by Gasteiger charge is -2.33. The van der Waals surface area contributed by atoms with E-state index >= 15 is 0 Å². The second-order valence-electron chi connectivity index (χ2n) is 6.16. The Morgan fingerprint density at radius 2 is 1.89 bits per heavy atom. The van der Waals surface area contributed by atoms with Crippen LogP contribution in [0.15, 0.2) is 38.6 Å². The second kappa shape index (κ2) is 7.99. The smallest absolute Gasteiger partial charge is 0.248 e. The first-order chi connectivity index (χ1) is 12.8. The normalized spacial score (nSPS) is 15.9. The van der Waals surface area contributed by atoms with Crippen LogP contribution in [0.3, 0.4) is 0 Å². The minimum atomic E-state index is -3.71. The van der Waals surface area contributed by atoms with Crippen LogP contribution in [-0.4, -0.2) is 60.6 Å². The molecule has 27 heavy (non-hydrogen) atoms. The van der Waals surface area contributed by atoms with Crippen molar-refractivity contribution in [1.82, 2.24) is 14.4 Å². The minimum absolute atomic E-state index is 0.0948. The third kappa shape index (κ3) is 4.17. The van der Waals surface area contributed by atoms with Gasteiger partial charge in [0.15, 0.2) is 5.76 Å². The lowest BCUT2D eigenvalue weighted by Crippen LogP contribution is -2.51. The maximum Gasteiger partial charge on any atom is 0.248 e. The van der Waals surface area contributed by atoms with Gasteiger partial charge in [0.25, 0.3) is 0 Å². The fourth-order valence-electron chi connectivity index (χ4n) is 2.94. The Morgan fingerprint density at radius 1 is 1.22 bits per heavy atom. The third-order valence-corrected chi connectivity index (χ3v) is 7.52. The van der Waals surface area contributed by atoms with Crippen LogP contribution < -0.4 is 0 Å². The first-order valence-electron chi connectivity index (χ1n) is 8.39.